The first-order valence-corrected chi connectivity index (χ1v) is 7.17. The van der Waals surface area contributed by atoms with E-state index in [2.05, 4.69) is 24.5 Å². The second-order valence-electron chi connectivity index (χ2n) is 6.42. The lowest BCUT2D eigenvalue weighted by atomic mass is 9.73. The molecule has 0 aromatic heterocycles. The van der Waals surface area contributed by atoms with E-state index in [0.717, 1.165) is 13.1 Å². The molecule has 19 heavy (non-hydrogen) atoms. The molecule has 2 N–H and O–H groups in total. The first kappa shape index (κ1) is 16.7. The Kier molecular flexibility index (Phi) is 6.57. The third-order valence-corrected chi connectivity index (χ3v) is 4.24. The minimum atomic E-state index is -0.293. The van der Waals surface area contributed by atoms with Crippen molar-refractivity contribution >= 4 is 18.3 Å². The number of carbonyl (C=O) groups excluding carboxylic acids is 1. The molecule has 1 saturated heterocycles. The SMILES string of the molecule is CC1(C)CCC(CNC(=O)C2CNCCO2)CC1.Cl. The zero-order valence-electron chi connectivity index (χ0n) is 12.0. The zero-order chi connectivity index (χ0) is 13.0. The second kappa shape index (κ2) is 7.46. The number of amides is 1. The lowest BCUT2D eigenvalue weighted by Crippen LogP contribution is -2.48. The van der Waals surface area contributed by atoms with Crippen LogP contribution in [0.3, 0.4) is 0 Å². The van der Waals surface area contributed by atoms with Crippen molar-refractivity contribution in [1.82, 2.24) is 10.6 Å². The van der Waals surface area contributed by atoms with Gasteiger partial charge in [0.15, 0.2) is 0 Å². The number of carbonyl (C=O) groups is 1. The predicted molar refractivity (Wildman–Crippen MR) is 78.6 cm³/mol. The van der Waals surface area contributed by atoms with Crippen LogP contribution in [0, 0.1) is 11.3 Å². The number of halogens is 1. The number of nitrogens with one attached hydrogen (secondary N) is 2. The molecule has 1 atom stereocenters. The summed E-state index contributed by atoms with van der Waals surface area (Å²) in [7, 11) is 0. The van der Waals surface area contributed by atoms with Gasteiger partial charge in [-0.3, -0.25) is 4.79 Å². The average Bonchev–Trinajstić information content (AvgIpc) is 2.38. The van der Waals surface area contributed by atoms with Gasteiger partial charge in [0.2, 0.25) is 5.91 Å². The van der Waals surface area contributed by atoms with Crippen molar-refractivity contribution < 1.29 is 9.53 Å². The highest BCUT2D eigenvalue weighted by Crippen LogP contribution is 2.37. The van der Waals surface area contributed by atoms with E-state index in [0.29, 0.717) is 24.5 Å². The van der Waals surface area contributed by atoms with Gasteiger partial charge in [0.25, 0.3) is 0 Å². The number of ether oxygens (including phenoxy) is 1. The molecule has 112 valence electrons. The molecule has 1 unspecified atom stereocenters. The maximum atomic E-state index is 11.9. The molecule has 2 fully saturated rings. The molecule has 1 aliphatic heterocycles. The normalized spacial score (nSPS) is 27.4. The summed E-state index contributed by atoms with van der Waals surface area (Å²) in [5.74, 6) is 0.700. The van der Waals surface area contributed by atoms with Crippen molar-refractivity contribution in [2.45, 2.75) is 45.6 Å². The molecule has 1 aliphatic carbocycles. The lowest BCUT2D eigenvalue weighted by Gasteiger charge is -2.34. The van der Waals surface area contributed by atoms with E-state index < -0.39 is 0 Å². The maximum absolute atomic E-state index is 11.9. The zero-order valence-corrected chi connectivity index (χ0v) is 12.9. The van der Waals surface area contributed by atoms with Crippen LogP contribution >= 0.6 is 12.4 Å². The second-order valence-corrected chi connectivity index (χ2v) is 6.42. The molecule has 0 aromatic rings. The standard InChI is InChI=1S/C14H26N2O2.ClH/c1-14(2)5-3-11(4-6-14)9-16-13(17)12-10-15-7-8-18-12;/h11-12,15H,3-10H2,1-2H3,(H,16,17);1H. The van der Waals surface area contributed by atoms with Crippen LogP contribution in [0.5, 0.6) is 0 Å². The van der Waals surface area contributed by atoms with Crippen molar-refractivity contribution in [1.29, 1.82) is 0 Å². The van der Waals surface area contributed by atoms with E-state index in [1.807, 2.05) is 0 Å². The van der Waals surface area contributed by atoms with Gasteiger partial charge in [0, 0.05) is 19.6 Å². The molecule has 2 aliphatic rings. The Morgan fingerprint density at radius 2 is 2.05 bits per heavy atom. The average molecular weight is 291 g/mol. The first-order chi connectivity index (χ1) is 8.57. The molecule has 5 heteroatoms. The minimum absolute atomic E-state index is 0. The Labute approximate surface area is 122 Å². The van der Waals surface area contributed by atoms with Gasteiger partial charge in [-0.1, -0.05) is 13.8 Å². The van der Waals surface area contributed by atoms with Gasteiger partial charge in [-0.05, 0) is 37.0 Å². The highest BCUT2D eigenvalue weighted by molar-refractivity contribution is 5.85. The van der Waals surface area contributed by atoms with Crippen LogP contribution in [0.15, 0.2) is 0 Å². The Hall–Kier alpha value is -0.320. The fraction of sp³-hybridized carbons (Fsp3) is 0.929. The summed E-state index contributed by atoms with van der Waals surface area (Å²) in [6.07, 6.45) is 4.72. The third-order valence-electron chi connectivity index (χ3n) is 4.24. The number of morpholine rings is 1. The highest BCUT2D eigenvalue weighted by Gasteiger charge is 2.28. The summed E-state index contributed by atoms with van der Waals surface area (Å²) in [6.45, 7) is 7.61. The van der Waals surface area contributed by atoms with Crippen LogP contribution in [0.25, 0.3) is 0 Å². The van der Waals surface area contributed by atoms with E-state index in [4.69, 9.17) is 4.74 Å². The molecule has 4 nitrogen and oxygen atoms in total. The highest BCUT2D eigenvalue weighted by atomic mass is 35.5. The van der Waals surface area contributed by atoms with E-state index in [1.54, 1.807) is 0 Å². The topological polar surface area (TPSA) is 50.4 Å². The van der Waals surface area contributed by atoms with Crippen LogP contribution in [-0.2, 0) is 9.53 Å². The molecule has 0 spiro atoms. The third kappa shape index (κ3) is 5.28. The first-order valence-electron chi connectivity index (χ1n) is 7.17. The summed E-state index contributed by atoms with van der Waals surface area (Å²) < 4.78 is 5.44. The smallest absolute Gasteiger partial charge is 0.250 e. The van der Waals surface area contributed by atoms with E-state index >= 15 is 0 Å². The number of hydrogen-bond donors (Lipinski definition) is 2. The van der Waals surface area contributed by atoms with E-state index in [-0.39, 0.29) is 24.4 Å². The van der Waals surface area contributed by atoms with Gasteiger partial charge < -0.3 is 15.4 Å². The molecule has 1 saturated carbocycles. The van der Waals surface area contributed by atoms with Crippen molar-refractivity contribution in [3.05, 3.63) is 0 Å². The Morgan fingerprint density at radius 1 is 1.37 bits per heavy atom. The van der Waals surface area contributed by atoms with Gasteiger partial charge in [-0.2, -0.15) is 0 Å². The van der Waals surface area contributed by atoms with Crippen LogP contribution in [0.1, 0.15) is 39.5 Å². The maximum Gasteiger partial charge on any atom is 0.250 e. The quantitative estimate of drug-likeness (QED) is 0.832. The fourth-order valence-corrected chi connectivity index (χ4v) is 2.76. The van der Waals surface area contributed by atoms with E-state index in [9.17, 15) is 4.79 Å². The van der Waals surface area contributed by atoms with E-state index in [1.165, 1.54) is 25.7 Å². The molecule has 1 heterocycles. The Bertz CT molecular complexity index is 281. The summed E-state index contributed by atoms with van der Waals surface area (Å²) in [5, 5.41) is 6.22. The minimum Gasteiger partial charge on any atom is -0.366 e. The predicted octanol–water partition coefficient (Wildman–Crippen LogP) is 1.73. The molecular weight excluding hydrogens is 264 g/mol. The summed E-state index contributed by atoms with van der Waals surface area (Å²) in [4.78, 5) is 11.9. The van der Waals surface area contributed by atoms with Crippen molar-refractivity contribution in [2.24, 2.45) is 11.3 Å². The van der Waals surface area contributed by atoms with Gasteiger partial charge in [0.05, 0.1) is 6.61 Å². The van der Waals surface area contributed by atoms with Gasteiger partial charge >= 0.3 is 0 Å². The molecule has 0 radical (unpaired) electrons. The van der Waals surface area contributed by atoms with Crippen LogP contribution < -0.4 is 10.6 Å². The summed E-state index contributed by atoms with van der Waals surface area (Å²) >= 11 is 0. The summed E-state index contributed by atoms with van der Waals surface area (Å²) in [5.41, 5.74) is 0.497. The fourth-order valence-electron chi connectivity index (χ4n) is 2.76. The lowest BCUT2D eigenvalue weighted by molar-refractivity contribution is -0.134. The molecule has 0 aromatic carbocycles. The number of hydrogen-bond acceptors (Lipinski definition) is 3. The van der Waals surface area contributed by atoms with Crippen molar-refractivity contribution in [3.63, 3.8) is 0 Å². The molecule has 2 rings (SSSR count). The monoisotopic (exact) mass is 290 g/mol. The van der Waals surface area contributed by atoms with Gasteiger partial charge in [0.1, 0.15) is 6.10 Å². The Morgan fingerprint density at radius 3 is 2.63 bits per heavy atom. The van der Waals surface area contributed by atoms with Crippen LogP contribution in [0.4, 0.5) is 0 Å². The summed E-state index contributed by atoms with van der Waals surface area (Å²) in [6, 6.07) is 0. The molecular formula is C14H27ClN2O2. The van der Waals surface area contributed by atoms with Crippen LogP contribution in [0.2, 0.25) is 0 Å². The Balaban J connectivity index is 0.00000180. The molecule has 1 amide bonds. The number of rotatable bonds is 3. The van der Waals surface area contributed by atoms with Gasteiger partial charge in [-0.25, -0.2) is 0 Å². The van der Waals surface area contributed by atoms with Crippen LogP contribution in [-0.4, -0.2) is 38.3 Å². The molecule has 0 bridgehead atoms. The van der Waals surface area contributed by atoms with Gasteiger partial charge in [-0.15, -0.1) is 12.4 Å². The largest absolute Gasteiger partial charge is 0.366 e. The van der Waals surface area contributed by atoms with Crippen molar-refractivity contribution in [2.75, 3.05) is 26.2 Å². The van der Waals surface area contributed by atoms with Crippen molar-refractivity contribution in [3.8, 4) is 0 Å².